The molecular weight excluding hydrogens is 296 g/mol. The topological polar surface area (TPSA) is 121 Å². The molecule has 5 N–H and O–H groups in total. The fourth-order valence-electron chi connectivity index (χ4n) is 2.85. The molecule has 1 unspecified atom stereocenters. The van der Waals surface area contributed by atoms with Gasteiger partial charge in [-0.3, -0.25) is 4.79 Å². The molecule has 3 rings (SSSR count). The maximum atomic E-state index is 11.9. The molecule has 0 bridgehead atoms. The minimum Gasteiger partial charge on any atom is -0.478 e. The predicted molar refractivity (Wildman–Crippen MR) is 86.7 cm³/mol. The average Bonchev–Trinajstić information content (AvgIpc) is 2.53. The number of carboxylic acid groups (broad SMARTS) is 1. The summed E-state index contributed by atoms with van der Waals surface area (Å²) in [6, 6.07) is 6.90. The number of benzene rings is 1. The number of aromatic carboxylic acids is 1. The van der Waals surface area contributed by atoms with E-state index in [0.29, 0.717) is 23.7 Å². The van der Waals surface area contributed by atoms with E-state index in [-0.39, 0.29) is 17.1 Å². The van der Waals surface area contributed by atoms with Crippen LogP contribution in [0, 0.1) is 5.92 Å². The maximum Gasteiger partial charge on any atom is 0.335 e. The molecule has 1 atom stereocenters. The van der Waals surface area contributed by atoms with E-state index in [1.54, 1.807) is 12.1 Å². The van der Waals surface area contributed by atoms with Crippen molar-refractivity contribution < 1.29 is 9.90 Å². The Hall–Kier alpha value is -2.83. The zero-order valence-corrected chi connectivity index (χ0v) is 12.5. The maximum absolute atomic E-state index is 11.9. The van der Waals surface area contributed by atoms with E-state index in [2.05, 4.69) is 15.3 Å². The van der Waals surface area contributed by atoms with Crippen LogP contribution < -0.4 is 16.6 Å². The first-order valence-electron chi connectivity index (χ1n) is 7.47. The first kappa shape index (κ1) is 15.1. The van der Waals surface area contributed by atoms with E-state index in [1.807, 2.05) is 12.1 Å². The molecule has 0 radical (unpaired) electrons. The first-order chi connectivity index (χ1) is 11.0. The van der Waals surface area contributed by atoms with Crippen molar-refractivity contribution in [1.29, 1.82) is 0 Å². The number of aromatic nitrogens is 2. The van der Waals surface area contributed by atoms with Crippen molar-refractivity contribution in [2.75, 3.05) is 17.6 Å². The number of rotatable bonds is 4. The molecule has 0 spiro atoms. The van der Waals surface area contributed by atoms with Gasteiger partial charge in [-0.2, -0.15) is 4.98 Å². The molecule has 23 heavy (non-hydrogen) atoms. The smallest absolute Gasteiger partial charge is 0.335 e. The minimum atomic E-state index is -0.921. The highest BCUT2D eigenvalue weighted by Gasteiger charge is 2.22. The third-order valence-corrected chi connectivity index (χ3v) is 4.14. The summed E-state index contributed by atoms with van der Waals surface area (Å²) in [5.41, 5.74) is 7.29. The second kappa shape index (κ2) is 6.12. The zero-order valence-electron chi connectivity index (χ0n) is 12.5. The van der Waals surface area contributed by atoms with Gasteiger partial charge >= 0.3 is 5.97 Å². The number of anilines is 2. The van der Waals surface area contributed by atoms with Crippen LogP contribution in [0.4, 0.5) is 11.8 Å². The highest BCUT2D eigenvalue weighted by Crippen LogP contribution is 2.23. The van der Waals surface area contributed by atoms with Gasteiger partial charge in [0, 0.05) is 6.54 Å². The standard InChI is InChI=1S/C16H18N4O3/c17-16-19-13-12(14(21)20-16)7-10(8-18-13)2-1-9-3-5-11(6-4-9)15(22)23/h3-6,10H,1-2,7-8H2,(H,22,23)(H4,17,18,19,20,21). The predicted octanol–water partition coefficient (Wildman–Crippen LogP) is 1.27. The molecular formula is C16H18N4O3. The molecule has 7 nitrogen and oxygen atoms in total. The molecule has 1 aliphatic rings. The van der Waals surface area contributed by atoms with Crippen LogP contribution in [0.2, 0.25) is 0 Å². The van der Waals surface area contributed by atoms with Crippen LogP contribution in [0.5, 0.6) is 0 Å². The van der Waals surface area contributed by atoms with Gasteiger partial charge in [0.15, 0.2) is 0 Å². The van der Waals surface area contributed by atoms with Crippen LogP contribution in [0.1, 0.15) is 27.9 Å². The quantitative estimate of drug-likeness (QED) is 0.674. The van der Waals surface area contributed by atoms with Crippen molar-refractivity contribution in [1.82, 2.24) is 9.97 Å². The number of fused-ring (bicyclic) bond motifs is 1. The van der Waals surface area contributed by atoms with Crippen LogP contribution >= 0.6 is 0 Å². The summed E-state index contributed by atoms with van der Waals surface area (Å²) in [5.74, 6) is 0.201. The molecule has 0 saturated heterocycles. The lowest BCUT2D eigenvalue weighted by molar-refractivity contribution is 0.0697. The lowest BCUT2D eigenvalue weighted by atomic mass is 9.91. The van der Waals surface area contributed by atoms with Crippen molar-refractivity contribution in [3.8, 4) is 0 Å². The van der Waals surface area contributed by atoms with Gasteiger partial charge < -0.3 is 21.1 Å². The number of H-pyrrole nitrogens is 1. The fraction of sp³-hybridized carbons (Fsp3) is 0.312. The molecule has 2 heterocycles. The van der Waals surface area contributed by atoms with Crippen LogP contribution in [0.15, 0.2) is 29.1 Å². The summed E-state index contributed by atoms with van der Waals surface area (Å²) in [6.45, 7) is 0.763. The molecule has 2 aromatic rings. The molecule has 0 saturated carbocycles. The average molecular weight is 314 g/mol. The molecule has 1 aliphatic heterocycles. The summed E-state index contributed by atoms with van der Waals surface area (Å²) < 4.78 is 0. The number of nitrogens with two attached hydrogens (primary N) is 1. The monoisotopic (exact) mass is 314 g/mol. The number of aromatic amines is 1. The number of aryl methyl sites for hydroxylation is 1. The third-order valence-electron chi connectivity index (χ3n) is 4.14. The van der Waals surface area contributed by atoms with Crippen LogP contribution in [-0.4, -0.2) is 27.6 Å². The number of nitrogen functional groups attached to an aromatic ring is 1. The van der Waals surface area contributed by atoms with E-state index in [9.17, 15) is 9.59 Å². The summed E-state index contributed by atoms with van der Waals surface area (Å²) in [6.07, 6.45) is 2.41. The Morgan fingerprint density at radius 1 is 1.35 bits per heavy atom. The summed E-state index contributed by atoms with van der Waals surface area (Å²) >= 11 is 0. The largest absolute Gasteiger partial charge is 0.478 e. The van der Waals surface area contributed by atoms with E-state index in [0.717, 1.165) is 24.9 Å². The highest BCUT2D eigenvalue weighted by molar-refractivity contribution is 5.87. The van der Waals surface area contributed by atoms with Crippen molar-refractivity contribution in [2.45, 2.75) is 19.3 Å². The molecule has 0 fully saturated rings. The SMILES string of the molecule is Nc1nc(=O)c2c([nH]1)NCC(CCc1ccc(C(=O)O)cc1)C2. The van der Waals surface area contributed by atoms with Crippen molar-refractivity contribution in [3.63, 3.8) is 0 Å². The second-order valence-corrected chi connectivity index (χ2v) is 5.77. The summed E-state index contributed by atoms with van der Waals surface area (Å²) in [5, 5.41) is 12.1. The van der Waals surface area contributed by atoms with Crippen LogP contribution in [-0.2, 0) is 12.8 Å². The Balaban J connectivity index is 1.64. The van der Waals surface area contributed by atoms with Gasteiger partial charge in [0.05, 0.1) is 11.1 Å². The van der Waals surface area contributed by atoms with Gasteiger partial charge in [-0.25, -0.2) is 4.79 Å². The zero-order chi connectivity index (χ0) is 16.4. The number of hydrogen-bond donors (Lipinski definition) is 4. The first-order valence-corrected chi connectivity index (χ1v) is 7.47. The van der Waals surface area contributed by atoms with Gasteiger partial charge in [0.1, 0.15) is 5.82 Å². The Kier molecular flexibility index (Phi) is 4.01. The number of nitrogens with one attached hydrogen (secondary N) is 2. The lowest BCUT2D eigenvalue weighted by Gasteiger charge is -2.25. The Bertz CT molecular complexity index is 783. The van der Waals surface area contributed by atoms with Crippen LogP contribution in [0.25, 0.3) is 0 Å². The second-order valence-electron chi connectivity index (χ2n) is 5.77. The van der Waals surface area contributed by atoms with E-state index < -0.39 is 5.97 Å². The van der Waals surface area contributed by atoms with E-state index in [4.69, 9.17) is 10.8 Å². The number of nitrogens with zero attached hydrogens (tertiary/aromatic N) is 1. The molecule has 0 amide bonds. The number of carboxylic acids is 1. The molecule has 0 aliphatic carbocycles. The fourth-order valence-corrected chi connectivity index (χ4v) is 2.85. The van der Waals surface area contributed by atoms with Gasteiger partial charge in [0.25, 0.3) is 5.56 Å². The van der Waals surface area contributed by atoms with E-state index in [1.165, 1.54) is 0 Å². The molecule has 120 valence electrons. The van der Waals surface area contributed by atoms with Gasteiger partial charge in [-0.05, 0) is 42.9 Å². The van der Waals surface area contributed by atoms with Crippen molar-refractivity contribution in [3.05, 3.63) is 51.3 Å². The lowest BCUT2D eigenvalue weighted by Crippen LogP contribution is -2.30. The van der Waals surface area contributed by atoms with E-state index >= 15 is 0 Å². The molecule has 1 aromatic carbocycles. The third kappa shape index (κ3) is 3.33. The Morgan fingerprint density at radius 3 is 2.78 bits per heavy atom. The van der Waals surface area contributed by atoms with Crippen LogP contribution in [0.3, 0.4) is 0 Å². The minimum absolute atomic E-state index is 0.123. The highest BCUT2D eigenvalue weighted by atomic mass is 16.4. The normalized spacial score (nSPS) is 16.4. The number of hydrogen-bond acceptors (Lipinski definition) is 5. The van der Waals surface area contributed by atoms with Gasteiger partial charge in [0.2, 0.25) is 5.95 Å². The Morgan fingerprint density at radius 2 is 2.09 bits per heavy atom. The van der Waals surface area contributed by atoms with Gasteiger partial charge in [-0.1, -0.05) is 12.1 Å². The number of carbonyl (C=O) groups is 1. The van der Waals surface area contributed by atoms with Crippen molar-refractivity contribution >= 4 is 17.7 Å². The van der Waals surface area contributed by atoms with Crippen molar-refractivity contribution in [2.24, 2.45) is 5.92 Å². The molecule has 7 heteroatoms. The molecule has 1 aromatic heterocycles. The summed E-state index contributed by atoms with van der Waals surface area (Å²) in [4.78, 5) is 29.4. The summed E-state index contributed by atoms with van der Waals surface area (Å²) in [7, 11) is 0. The Labute approximate surface area is 132 Å². The van der Waals surface area contributed by atoms with Gasteiger partial charge in [-0.15, -0.1) is 0 Å².